The molecule has 88 valence electrons. The van der Waals surface area contributed by atoms with Gasteiger partial charge in [-0.05, 0) is 45.0 Å². The fourth-order valence-electron chi connectivity index (χ4n) is 1.23. The highest BCUT2D eigenvalue weighted by molar-refractivity contribution is 5.96. The van der Waals surface area contributed by atoms with Crippen molar-refractivity contribution in [2.45, 2.75) is 32.8 Å². The van der Waals surface area contributed by atoms with Gasteiger partial charge in [0.25, 0.3) is 0 Å². The molecule has 0 spiro atoms. The summed E-state index contributed by atoms with van der Waals surface area (Å²) < 4.78 is 18.1. The third-order valence-electron chi connectivity index (χ3n) is 2.03. The van der Waals surface area contributed by atoms with Crippen molar-refractivity contribution in [2.75, 3.05) is 6.61 Å². The molecule has 0 aliphatic carbocycles. The number of halogens is 1. The van der Waals surface area contributed by atoms with E-state index in [1.807, 2.05) is 20.8 Å². The minimum Gasteiger partial charge on any atom is -0.375 e. The predicted octanol–water partition coefficient (Wildman–Crippen LogP) is 3.21. The molecule has 0 aliphatic rings. The van der Waals surface area contributed by atoms with Gasteiger partial charge >= 0.3 is 0 Å². The average molecular weight is 224 g/mol. The number of carbonyl (C=O) groups is 1. The van der Waals surface area contributed by atoms with E-state index in [-0.39, 0.29) is 17.2 Å². The summed E-state index contributed by atoms with van der Waals surface area (Å²) in [5.74, 6) is -0.355. The van der Waals surface area contributed by atoms with Gasteiger partial charge in [0.1, 0.15) is 5.82 Å². The summed E-state index contributed by atoms with van der Waals surface area (Å²) in [7, 11) is 0. The molecule has 0 saturated heterocycles. The molecule has 0 aromatic heterocycles. The molecule has 1 rings (SSSR count). The van der Waals surface area contributed by atoms with E-state index in [1.165, 1.54) is 24.3 Å². The van der Waals surface area contributed by atoms with Gasteiger partial charge in [-0.2, -0.15) is 0 Å². The normalized spacial score (nSPS) is 11.5. The molecule has 0 N–H and O–H groups in total. The zero-order valence-corrected chi connectivity index (χ0v) is 9.92. The van der Waals surface area contributed by atoms with Crippen molar-refractivity contribution in [1.29, 1.82) is 0 Å². The van der Waals surface area contributed by atoms with E-state index in [2.05, 4.69) is 0 Å². The van der Waals surface area contributed by atoms with Crippen molar-refractivity contribution in [3.8, 4) is 0 Å². The first-order valence-corrected chi connectivity index (χ1v) is 5.31. The van der Waals surface area contributed by atoms with Gasteiger partial charge in [-0.3, -0.25) is 4.79 Å². The molecule has 2 nitrogen and oxygen atoms in total. The van der Waals surface area contributed by atoms with E-state index in [1.54, 1.807) is 0 Å². The average Bonchev–Trinajstić information content (AvgIpc) is 2.16. The van der Waals surface area contributed by atoms with Gasteiger partial charge in [-0.15, -0.1) is 0 Å². The highest BCUT2D eigenvalue weighted by Crippen LogP contribution is 2.10. The molecule has 16 heavy (non-hydrogen) atoms. The largest absolute Gasteiger partial charge is 0.375 e. The minimum absolute atomic E-state index is 0.0238. The predicted molar refractivity (Wildman–Crippen MR) is 61.1 cm³/mol. The van der Waals surface area contributed by atoms with Crippen LogP contribution in [0.15, 0.2) is 24.3 Å². The highest BCUT2D eigenvalue weighted by Gasteiger charge is 2.12. The second kappa shape index (κ2) is 5.21. The second-order valence-corrected chi connectivity index (χ2v) is 4.64. The van der Waals surface area contributed by atoms with Crippen molar-refractivity contribution in [2.24, 2.45) is 0 Å². The van der Waals surface area contributed by atoms with Crippen LogP contribution in [-0.2, 0) is 4.74 Å². The van der Waals surface area contributed by atoms with Crippen LogP contribution < -0.4 is 0 Å². The quantitative estimate of drug-likeness (QED) is 0.734. The lowest BCUT2D eigenvalue weighted by Gasteiger charge is -2.19. The van der Waals surface area contributed by atoms with Crippen molar-refractivity contribution in [3.63, 3.8) is 0 Å². The molecule has 0 amide bonds. The van der Waals surface area contributed by atoms with Crippen molar-refractivity contribution in [3.05, 3.63) is 35.6 Å². The molecule has 0 unspecified atom stereocenters. The smallest absolute Gasteiger partial charge is 0.165 e. The van der Waals surface area contributed by atoms with E-state index in [9.17, 15) is 9.18 Å². The van der Waals surface area contributed by atoms with Crippen LogP contribution in [0, 0.1) is 5.82 Å². The maximum absolute atomic E-state index is 12.6. The molecule has 0 bridgehead atoms. The van der Waals surface area contributed by atoms with Gasteiger partial charge < -0.3 is 4.74 Å². The van der Waals surface area contributed by atoms with Crippen LogP contribution in [0.2, 0.25) is 0 Å². The van der Waals surface area contributed by atoms with Crippen molar-refractivity contribution >= 4 is 5.78 Å². The zero-order valence-electron chi connectivity index (χ0n) is 9.92. The van der Waals surface area contributed by atoms with Gasteiger partial charge in [0, 0.05) is 12.0 Å². The van der Waals surface area contributed by atoms with E-state index in [0.717, 1.165) is 0 Å². The van der Waals surface area contributed by atoms with E-state index >= 15 is 0 Å². The molecule has 3 heteroatoms. The fraction of sp³-hybridized carbons (Fsp3) is 0.462. The second-order valence-electron chi connectivity index (χ2n) is 4.64. The summed E-state index contributed by atoms with van der Waals surface area (Å²) in [5, 5.41) is 0. The Hall–Kier alpha value is -1.22. The molecule has 0 radical (unpaired) electrons. The maximum atomic E-state index is 12.6. The topological polar surface area (TPSA) is 26.3 Å². The molecular formula is C13H17FO2. The number of hydrogen-bond donors (Lipinski definition) is 0. The Kier molecular flexibility index (Phi) is 4.19. The van der Waals surface area contributed by atoms with Crippen LogP contribution >= 0.6 is 0 Å². The monoisotopic (exact) mass is 224 g/mol. The number of ketones is 1. The van der Waals surface area contributed by atoms with Crippen LogP contribution in [0.3, 0.4) is 0 Å². The Balaban J connectivity index is 2.44. The number of Topliss-reactive ketones (excluding diaryl/α,β-unsaturated/α-hetero) is 1. The Morgan fingerprint density at radius 2 is 1.81 bits per heavy atom. The lowest BCUT2D eigenvalue weighted by atomic mass is 10.1. The fourth-order valence-corrected chi connectivity index (χ4v) is 1.23. The van der Waals surface area contributed by atoms with Crippen LogP contribution in [-0.4, -0.2) is 18.0 Å². The van der Waals surface area contributed by atoms with E-state index in [0.29, 0.717) is 18.6 Å². The summed E-state index contributed by atoms with van der Waals surface area (Å²) in [6, 6.07) is 5.57. The standard InChI is InChI=1S/C13H17FO2/c1-13(2,3)16-9-8-12(15)10-4-6-11(14)7-5-10/h4-7H,8-9H2,1-3H3. The number of benzene rings is 1. The molecule has 0 heterocycles. The van der Waals surface area contributed by atoms with Gasteiger partial charge in [0.05, 0.1) is 12.2 Å². The third kappa shape index (κ3) is 4.53. The van der Waals surface area contributed by atoms with Crippen LogP contribution in [0.25, 0.3) is 0 Å². The third-order valence-corrected chi connectivity index (χ3v) is 2.03. The summed E-state index contributed by atoms with van der Waals surface area (Å²) in [6.07, 6.45) is 0.322. The molecule has 1 aromatic carbocycles. The van der Waals surface area contributed by atoms with E-state index < -0.39 is 0 Å². The number of carbonyl (C=O) groups excluding carboxylic acids is 1. The Morgan fingerprint density at radius 1 is 1.25 bits per heavy atom. The van der Waals surface area contributed by atoms with Gasteiger partial charge in [0.15, 0.2) is 5.78 Å². The van der Waals surface area contributed by atoms with Gasteiger partial charge in [-0.25, -0.2) is 4.39 Å². The van der Waals surface area contributed by atoms with Gasteiger partial charge in [0.2, 0.25) is 0 Å². The van der Waals surface area contributed by atoms with Crippen LogP contribution in [0.5, 0.6) is 0 Å². The van der Waals surface area contributed by atoms with E-state index in [4.69, 9.17) is 4.74 Å². The number of rotatable bonds is 4. The number of hydrogen-bond acceptors (Lipinski definition) is 2. The lowest BCUT2D eigenvalue weighted by molar-refractivity contribution is -0.00229. The summed E-state index contributed by atoms with van der Waals surface area (Å²) in [6.45, 7) is 6.21. The lowest BCUT2D eigenvalue weighted by Crippen LogP contribution is -2.21. The van der Waals surface area contributed by atoms with Crippen molar-refractivity contribution < 1.29 is 13.9 Å². The summed E-state index contributed by atoms with van der Waals surface area (Å²) in [4.78, 5) is 11.6. The maximum Gasteiger partial charge on any atom is 0.165 e. The van der Waals surface area contributed by atoms with Crippen molar-refractivity contribution in [1.82, 2.24) is 0 Å². The Bertz CT molecular complexity index is 349. The molecule has 0 fully saturated rings. The minimum atomic E-state index is -0.331. The zero-order chi connectivity index (χ0) is 12.2. The molecule has 0 atom stereocenters. The molecule has 1 aromatic rings. The molecule has 0 saturated carbocycles. The summed E-state index contributed by atoms with van der Waals surface area (Å²) in [5.41, 5.74) is 0.294. The molecular weight excluding hydrogens is 207 g/mol. The first-order valence-electron chi connectivity index (χ1n) is 5.31. The molecule has 0 aliphatic heterocycles. The highest BCUT2D eigenvalue weighted by atomic mass is 19.1. The van der Waals surface area contributed by atoms with Gasteiger partial charge in [-0.1, -0.05) is 0 Å². The van der Waals surface area contributed by atoms with Crippen LogP contribution in [0.1, 0.15) is 37.6 Å². The SMILES string of the molecule is CC(C)(C)OCCC(=O)c1ccc(F)cc1. The Labute approximate surface area is 95.4 Å². The first-order chi connectivity index (χ1) is 7.38. The first kappa shape index (κ1) is 12.8. The Morgan fingerprint density at radius 3 is 2.31 bits per heavy atom. The summed E-state index contributed by atoms with van der Waals surface area (Å²) >= 11 is 0. The van der Waals surface area contributed by atoms with Crippen LogP contribution in [0.4, 0.5) is 4.39 Å². The number of ether oxygens (including phenoxy) is 1.